The summed E-state index contributed by atoms with van der Waals surface area (Å²) < 4.78 is 34.0. The minimum Gasteiger partial charge on any atom is -0.464 e. The summed E-state index contributed by atoms with van der Waals surface area (Å²) in [6.45, 7) is 5.72. The Bertz CT molecular complexity index is 1010. The molecule has 0 aliphatic carbocycles. The molecular formula is C20H25NO6S. The van der Waals surface area contributed by atoms with Crippen LogP contribution in [0, 0.1) is 13.8 Å². The summed E-state index contributed by atoms with van der Waals surface area (Å²) in [6, 6.07) is 3.54. The second-order valence-electron chi connectivity index (χ2n) is 7.22. The van der Waals surface area contributed by atoms with E-state index < -0.39 is 22.4 Å². The molecule has 1 fully saturated rings. The van der Waals surface area contributed by atoms with Crippen LogP contribution in [0.3, 0.4) is 0 Å². The van der Waals surface area contributed by atoms with E-state index >= 15 is 0 Å². The number of sulfone groups is 1. The van der Waals surface area contributed by atoms with Crippen LogP contribution < -0.4 is 0 Å². The Morgan fingerprint density at radius 2 is 2.04 bits per heavy atom. The van der Waals surface area contributed by atoms with E-state index in [2.05, 4.69) is 0 Å². The molecule has 3 rings (SSSR count). The molecule has 0 spiro atoms. The minimum atomic E-state index is -3.09. The highest BCUT2D eigenvalue weighted by Crippen LogP contribution is 2.27. The molecule has 1 aliphatic rings. The van der Waals surface area contributed by atoms with E-state index in [1.807, 2.05) is 26.0 Å². The SMILES string of the molecule is CCN(C(=O)COC(=O)Cc1coc2c(C)c(C)ccc12)[C@H]1CCS(=O)(=O)C1. The Hall–Kier alpha value is -2.35. The number of nitrogens with zero attached hydrogens (tertiary/aromatic N) is 1. The maximum atomic E-state index is 12.4. The number of likely N-dealkylation sites (N-methyl/N-ethyl adjacent to an activating group) is 1. The Balaban J connectivity index is 1.59. The van der Waals surface area contributed by atoms with Crippen molar-refractivity contribution in [1.82, 2.24) is 4.90 Å². The Morgan fingerprint density at radius 3 is 2.68 bits per heavy atom. The number of hydrogen-bond donors (Lipinski definition) is 0. The summed E-state index contributed by atoms with van der Waals surface area (Å²) in [4.78, 5) is 26.1. The van der Waals surface area contributed by atoms with Crippen molar-refractivity contribution in [3.05, 3.63) is 35.1 Å². The summed E-state index contributed by atoms with van der Waals surface area (Å²) in [5, 5.41) is 0.859. The van der Waals surface area contributed by atoms with Gasteiger partial charge in [-0.15, -0.1) is 0 Å². The number of esters is 1. The third-order valence-corrected chi connectivity index (χ3v) is 7.09. The highest BCUT2D eigenvalue weighted by atomic mass is 32.2. The zero-order valence-electron chi connectivity index (χ0n) is 16.4. The molecule has 1 amide bonds. The minimum absolute atomic E-state index is 0.00666. The van der Waals surface area contributed by atoms with Gasteiger partial charge in [0.1, 0.15) is 5.58 Å². The molecule has 8 heteroatoms. The fraction of sp³-hybridized carbons (Fsp3) is 0.500. The van der Waals surface area contributed by atoms with Crippen LogP contribution in [0.15, 0.2) is 22.8 Å². The number of amides is 1. The van der Waals surface area contributed by atoms with Gasteiger partial charge in [0.05, 0.1) is 24.2 Å². The van der Waals surface area contributed by atoms with Gasteiger partial charge in [-0.25, -0.2) is 8.42 Å². The van der Waals surface area contributed by atoms with Gasteiger partial charge in [0.15, 0.2) is 16.4 Å². The fourth-order valence-electron chi connectivity index (χ4n) is 3.62. The molecule has 7 nitrogen and oxygen atoms in total. The van der Waals surface area contributed by atoms with E-state index in [9.17, 15) is 18.0 Å². The van der Waals surface area contributed by atoms with Crippen LogP contribution in [0.5, 0.6) is 0 Å². The smallest absolute Gasteiger partial charge is 0.310 e. The predicted molar refractivity (Wildman–Crippen MR) is 105 cm³/mol. The van der Waals surface area contributed by atoms with E-state index in [4.69, 9.17) is 9.15 Å². The molecule has 0 radical (unpaired) electrons. The molecule has 28 heavy (non-hydrogen) atoms. The number of furan rings is 1. The fourth-order valence-corrected chi connectivity index (χ4v) is 5.35. The van der Waals surface area contributed by atoms with Crippen LogP contribution in [-0.2, 0) is 30.6 Å². The molecule has 2 aromatic rings. The lowest BCUT2D eigenvalue weighted by atomic mass is 10.0. The van der Waals surface area contributed by atoms with Crippen molar-refractivity contribution in [1.29, 1.82) is 0 Å². The Labute approximate surface area is 164 Å². The molecule has 0 bridgehead atoms. The van der Waals surface area contributed by atoms with Gasteiger partial charge in [0.25, 0.3) is 5.91 Å². The lowest BCUT2D eigenvalue weighted by molar-refractivity contribution is -0.152. The van der Waals surface area contributed by atoms with Gasteiger partial charge in [-0.3, -0.25) is 9.59 Å². The van der Waals surface area contributed by atoms with Gasteiger partial charge in [0, 0.05) is 23.5 Å². The molecule has 1 aromatic heterocycles. The van der Waals surface area contributed by atoms with Gasteiger partial charge < -0.3 is 14.1 Å². The van der Waals surface area contributed by atoms with E-state index in [0.717, 1.165) is 22.1 Å². The highest BCUT2D eigenvalue weighted by molar-refractivity contribution is 7.91. The Morgan fingerprint density at radius 1 is 1.29 bits per heavy atom. The zero-order chi connectivity index (χ0) is 20.5. The maximum Gasteiger partial charge on any atom is 0.310 e. The average Bonchev–Trinajstić information content (AvgIpc) is 3.20. The zero-order valence-corrected chi connectivity index (χ0v) is 17.2. The van der Waals surface area contributed by atoms with Crippen LogP contribution >= 0.6 is 0 Å². The van der Waals surface area contributed by atoms with Crippen molar-refractivity contribution in [3.63, 3.8) is 0 Å². The topological polar surface area (TPSA) is 93.9 Å². The van der Waals surface area contributed by atoms with Gasteiger partial charge in [-0.2, -0.15) is 0 Å². The standard InChI is InChI=1S/C20H25NO6S/c1-4-21(16-7-8-28(24,25)12-16)18(22)11-26-19(23)9-15-10-27-20-14(3)13(2)5-6-17(15)20/h5-6,10,16H,4,7-9,11-12H2,1-3H3/t16-/m0/s1. The molecule has 2 heterocycles. The number of rotatable bonds is 6. The normalized spacial score (nSPS) is 18.3. The summed E-state index contributed by atoms with van der Waals surface area (Å²) in [5.41, 5.74) is 3.59. The van der Waals surface area contributed by atoms with Gasteiger partial charge in [-0.1, -0.05) is 12.1 Å². The average molecular weight is 407 g/mol. The summed E-state index contributed by atoms with van der Waals surface area (Å²) in [5.74, 6) is -0.834. The highest BCUT2D eigenvalue weighted by Gasteiger charge is 2.34. The second-order valence-corrected chi connectivity index (χ2v) is 9.45. The molecule has 1 saturated heterocycles. The first kappa shape index (κ1) is 20.4. The quantitative estimate of drug-likeness (QED) is 0.681. The molecule has 0 N–H and O–H groups in total. The number of hydrogen-bond acceptors (Lipinski definition) is 6. The summed E-state index contributed by atoms with van der Waals surface area (Å²) >= 11 is 0. The van der Waals surface area contributed by atoms with E-state index in [-0.39, 0.29) is 29.9 Å². The lowest BCUT2D eigenvalue weighted by Crippen LogP contribution is -2.43. The van der Waals surface area contributed by atoms with E-state index in [1.54, 1.807) is 13.2 Å². The maximum absolute atomic E-state index is 12.4. The first-order chi connectivity index (χ1) is 13.2. The second kappa shape index (κ2) is 7.95. The first-order valence-electron chi connectivity index (χ1n) is 9.33. The molecule has 0 unspecified atom stereocenters. The molecule has 152 valence electrons. The molecule has 1 aliphatic heterocycles. The molecule has 0 saturated carbocycles. The van der Waals surface area contributed by atoms with Crippen LogP contribution in [0.25, 0.3) is 11.0 Å². The van der Waals surface area contributed by atoms with Gasteiger partial charge in [0.2, 0.25) is 0 Å². The van der Waals surface area contributed by atoms with Gasteiger partial charge in [-0.05, 0) is 38.3 Å². The number of carbonyl (C=O) groups is 2. The number of benzene rings is 1. The van der Waals surface area contributed by atoms with Crippen molar-refractivity contribution in [2.24, 2.45) is 0 Å². The van der Waals surface area contributed by atoms with Crippen molar-refractivity contribution < 1.29 is 27.2 Å². The van der Waals surface area contributed by atoms with Crippen molar-refractivity contribution in [3.8, 4) is 0 Å². The third-order valence-electron chi connectivity index (χ3n) is 5.34. The monoisotopic (exact) mass is 407 g/mol. The number of carbonyl (C=O) groups excluding carboxylic acids is 2. The molecular weight excluding hydrogens is 382 g/mol. The lowest BCUT2D eigenvalue weighted by Gasteiger charge is -2.26. The van der Waals surface area contributed by atoms with Crippen LogP contribution in [0.4, 0.5) is 0 Å². The predicted octanol–water partition coefficient (Wildman–Crippen LogP) is 2.17. The van der Waals surface area contributed by atoms with Crippen molar-refractivity contribution >= 4 is 32.7 Å². The molecule has 1 atom stereocenters. The Kier molecular flexibility index (Phi) is 5.79. The number of aryl methyl sites for hydroxylation is 2. The molecule has 1 aromatic carbocycles. The van der Waals surface area contributed by atoms with E-state index in [0.29, 0.717) is 18.5 Å². The number of fused-ring (bicyclic) bond motifs is 1. The first-order valence-corrected chi connectivity index (χ1v) is 11.2. The number of ether oxygens (including phenoxy) is 1. The van der Waals surface area contributed by atoms with E-state index in [1.165, 1.54) is 4.90 Å². The summed E-state index contributed by atoms with van der Waals surface area (Å²) in [6.07, 6.45) is 1.98. The van der Waals surface area contributed by atoms with Crippen LogP contribution in [0.1, 0.15) is 30.0 Å². The largest absolute Gasteiger partial charge is 0.464 e. The van der Waals surface area contributed by atoms with Crippen LogP contribution in [0.2, 0.25) is 0 Å². The van der Waals surface area contributed by atoms with Crippen molar-refractivity contribution in [2.75, 3.05) is 24.7 Å². The van der Waals surface area contributed by atoms with Crippen LogP contribution in [-0.4, -0.2) is 55.9 Å². The van der Waals surface area contributed by atoms with Crippen molar-refractivity contribution in [2.45, 2.75) is 39.7 Å². The third kappa shape index (κ3) is 4.22. The summed E-state index contributed by atoms with van der Waals surface area (Å²) in [7, 11) is -3.09. The van der Waals surface area contributed by atoms with Gasteiger partial charge >= 0.3 is 5.97 Å².